The highest BCUT2D eigenvalue weighted by Crippen LogP contribution is 2.16. The third kappa shape index (κ3) is 4.84. The van der Waals surface area contributed by atoms with E-state index in [2.05, 4.69) is 12.2 Å². The van der Waals surface area contributed by atoms with Crippen molar-refractivity contribution in [1.82, 2.24) is 15.1 Å². The maximum Gasteiger partial charge on any atom is 0.409 e. The van der Waals surface area contributed by atoms with E-state index in [-0.39, 0.29) is 12.1 Å². The molecule has 0 saturated carbocycles. The second kappa shape index (κ2) is 8.17. The Kier molecular flexibility index (Phi) is 6.24. The van der Waals surface area contributed by atoms with Crippen LogP contribution in [-0.2, 0) is 14.3 Å². The lowest BCUT2D eigenvalue weighted by Gasteiger charge is -2.33. The molecule has 23 heavy (non-hydrogen) atoms. The summed E-state index contributed by atoms with van der Waals surface area (Å²) in [5.74, 6) is -0.326. The van der Waals surface area contributed by atoms with Gasteiger partial charge in [-0.15, -0.1) is 0 Å². The molecule has 0 aromatic heterocycles. The Balaban J connectivity index is 1.74. The summed E-state index contributed by atoms with van der Waals surface area (Å²) in [4.78, 5) is 39.2. The lowest BCUT2D eigenvalue weighted by molar-refractivity contribution is -0.147. The van der Waals surface area contributed by atoms with E-state index in [0.717, 1.165) is 12.8 Å². The van der Waals surface area contributed by atoms with E-state index in [9.17, 15) is 14.4 Å². The van der Waals surface area contributed by atoms with Gasteiger partial charge in [0.25, 0.3) is 0 Å². The number of nitrogens with one attached hydrogen (secondary N) is 1. The van der Waals surface area contributed by atoms with Gasteiger partial charge >= 0.3 is 17.9 Å². The molecule has 7 heteroatoms. The lowest BCUT2D eigenvalue weighted by atomic mass is 9.99. The smallest absolute Gasteiger partial charge is 0.409 e. The molecule has 0 bridgehead atoms. The zero-order chi connectivity index (χ0) is 16.8. The Morgan fingerprint density at radius 2 is 1.57 bits per heavy atom. The van der Waals surface area contributed by atoms with E-state index in [1.165, 1.54) is 0 Å². The standard InChI is InChI=1S/C16H27N3O4/c1-3-23-16(22)19-10-6-13(7-11-19)17-14(20)15(21)18-8-4-12(2)5-9-18/h12-13H,3-11H2,1-2H3,(H,17,20). The van der Waals surface area contributed by atoms with Crippen LogP contribution in [0, 0.1) is 5.92 Å². The van der Waals surface area contributed by atoms with E-state index in [0.29, 0.717) is 51.5 Å². The summed E-state index contributed by atoms with van der Waals surface area (Å²) in [6, 6.07) is -0.0548. The molecule has 0 aliphatic carbocycles. The summed E-state index contributed by atoms with van der Waals surface area (Å²) in [6.07, 6.45) is 2.90. The minimum absolute atomic E-state index is 0.0548. The molecule has 0 spiro atoms. The van der Waals surface area contributed by atoms with Gasteiger partial charge in [-0.3, -0.25) is 9.59 Å². The molecule has 7 nitrogen and oxygen atoms in total. The molecule has 130 valence electrons. The third-order valence-corrected chi connectivity index (χ3v) is 4.62. The van der Waals surface area contributed by atoms with Crippen molar-refractivity contribution in [2.45, 2.75) is 45.6 Å². The summed E-state index contributed by atoms with van der Waals surface area (Å²) in [5, 5.41) is 2.81. The molecule has 2 fully saturated rings. The predicted molar refractivity (Wildman–Crippen MR) is 84.7 cm³/mol. The van der Waals surface area contributed by atoms with E-state index < -0.39 is 11.8 Å². The monoisotopic (exact) mass is 325 g/mol. The van der Waals surface area contributed by atoms with Crippen molar-refractivity contribution in [2.75, 3.05) is 32.8 Å². The van der Waals surface area contributed by atoms with Crippen LogP contribution in [0.4, 0.5) is 4.79 Å². The first kappa shape index (κ1) is 17.6. The molecule has 0 aromatic carbocycles. The number of nitrogens with zero attached hydrogens (tertiary/aromatic N) is 2. The second-order valence-electron chi connectivity index (χ2n) is 6.41. The van der Waals surface area contributed by atoms with Crippen molar-refractivity contribution in [3.05, 3.63) is 0 Å². The Morgan fingerprint density at radius 1 is 1.00 bits per heavy atom. The quantitative estimate of drug-likeness (QED) is 0.768. The van der Waals surface area contributed by atoms with Gasteiger partial charge in [-0.05, 0) is 38.5 Å². The van der Waals surface area contributed by atoms with Gasteiger partial charge in [-0.2, -0.15) is 0 Å². The van der Waals surface area contributed by atoms with Crippen LogP contribution in [0.3, 0.4) is 0 Å². The van der Waals surface area contributed by atoms with Crippen molar-refractivity contribution in [3.8, 4) is 0 Å². The average molecular weight is 325 g/mol. The fourth-order valence-corrected chi connectivity index (χ4v) is 3.02. The maximum absolute atomic E-state index is 12.2. The summed E-state index contributed by atoms with van der Waals surface area (Å²) < 4.78 is 4.96. The number of carbonyl (C=O) groups is 3. The molecular formula is C16H27N3O4. The normalized spacial score (nSPS) is 20.3. The Morgan fingerprint density at radius 3 is 2.13 bits per heavy atom. The molecule has 3 amide bonds. The number of hydrogen-bond acceptors (Lipinski definition) is 4. The summed E-state index contributed by atoms with van der Waals surface area (Å²) in [7, 11) is 0. The van der Waals surface area contributed by atoms with Gasteiger partial charge in [0.05, 0.1) is 6.61 Å². The zero-order valence-corrected chi connectivity index (χ0v) is 14.0. The van der Waals surface area contributed by atoms with Crippen LogP contribution >= 0.6 is 0 Å². The van der Waals surface area contributed by atoms with Crippen LogP contribution in [0.2, 0.25) is 0 Å². The minimum Gasteiger partial charge on any atom is -0.450 e. The van der Waals surface area contributed by atoms with Crippen LogP contribution in [-0.4, -0.2) is 66.5 Å². The second-order valence-corrected chi connectivity index (χ2v) is 6.41. The number of ether oxygens (including phenoxy) is 1. The fraction of sp³-hybridized carbons (Fsp3) is 0.812. The van der Waals surface area contributed by atoms with Crippen molar-refractivity contribution >= 4 is 17.9 Å². The number of amides is 3. The number of likely N-dealkylation sites (tertiary alicyclic amines) is 2. The molecule has 0 radical (unpaired) electrons. The average Bonchev–Trinajstić information content (AvgIpc) is 2.55. The zero-order valence-electron chi connectivity index (χ0n) is 14.0. The molecule has 2 rings (SSSR count). The SMILES string of the molecule is CCOC(=O)N1CCC(NC(=O)C(=O)N2CCC(C)CC2)CC1. The third-order valence-electron chi connectivity index (χ3n) is 4.62. The number of hydrogen-bond donors (Lipinski definition) is 1. The van der Waals surface area contributed by atoms with E-state index >= 15 is 0 Å². The molecule has 2 aliphatic heterocycles. The number of rotatable bonds is 2. The lowest BCUT2D eigenvalue weighted by Crippen LogP contribution is -2.51. The highest BCUT2D eigenvalue weighted by Gasteiger charge is 2.29. The first-order chi connectivity index (χ1) is 11.0. The largest absolute Gasteiger partial charge is 0.450 e. The Bertz CT molecular complexity index is 439. The molecule has 0 aromatic rings. The van der Waals surface area contributed by atoms with Crippen LogP contribution in [0.15, 0.2) is 0 Å². The topological polar surface area (TPSA) is 79.0 Å². The molecule has 1 N–H and O–H groups in total. The highest BCUT2D eigenvalue weighted by molar-refractivity contribution is 6.35. The fourth-order valence-electron chi connectivity index (χ4n) is 3.02. The minimum atomic E-state index is -0.519. The number of carbonyl (C=O) groups excluding carboxylic acids is 3. The Labute approximate surface area is 137 Å². The molecule has 0 atom stereocenters. The highest BCUT2D eigenvalue weighted by atomic mass is 16.6. The van der Waals surface area contributed by atoms with E-state index in [4.69, 9.17) is 4.74 Å². The molecule has 0 unspecified atom stereocenters. The van der Waals surface area contributed by atoms with Gasteiger partial charge in [-0.25, -0.2) is 4.79 Å². The van der Waals surface area contributed by atoms with Crippen molar-refractivity contribution in [3.63, 3.8) is 0 Å². The summed E-state index contributed by atoms with van der Waals surface area (Å²) in [5.41, 5.74) is 0. The first-order valence-corrected chi connectivity index (χ1v) is 8.52. The van der Waals surface area contributed by atoms with Crippen molar-refractivity contribution in [1.29, 1.82) is 0 Å². The van der Waals surface area contributed by atoms with Gasteiger partial charge < -0.3 is 19.9 Å². The van der Waals surface area contributed by atoms with Crippen LogP contribution < -0.4 is 5.32 Å². The molecule has 2 saturated heterocycles. The van der Waals surface area contributed by atoms with Crippen LogP contribution in [0.25, 0.3) is 0 Å². The first-order valence-electron chi connectivity index (χ1n) is 8.52. The van der Waals surface area contributed by atoms with Gasteiger partial charge in [0.1, 0.15) is 0 Å². The predicted octanol–water partition coefficient (Wildman–Crippen LogP) is 0.982. The maximum atomic E-state index is 12.2. The van der Waals surface area contributed by atoms with Crippen LogP contribution in [0.1, 0.15) is 39.5 Å². The van der Waals surface area contributed by atoms with Gasteiger partial charge in [0.15, 0.2) is 0 Å². The molecule has 2 aliphatic rings. The van der Waals surface area contributed by atoms with Crippen LogP contribution in [0.5, 0.6) is 0 Å². The Hall–Kier alpha value is -1.79. The van der Waals surface area contributed by atoms with Gasteiger partial charge in [0.2, 0.25) is 0 Å². The molecular weight excluding hydrogens is 298 g/mol. The van der Waals surface area contributed by atoms with Crippen molar-refractivity contribution in [2.24, 2.45) is 5.92 Å². The summed E-state index contributed by atoms with van der Waals surface area (Å²) >= 11 is 0. The number of piperidine rings is 2. The summed E-state index contributed by atoms with van der Waals surface area (Å²) in [6.45, 7) is 6.71. The van der Waals surface area contributed by atoms with Crippen molar-refractivity contribution < 1.29 is 19.1 Å². The van der Waals surface area contributed by atoms with Gasteiger partial charge in [0, 0.05) is 32.2 Å². The van der Waals surface area contributed by atoms with E-state index in [1.54, 1.807) is 16.7 Å². The molecule has 2 heterocycles. The van der Waals surface area contributed by atoms with E-state index in [1.807, 2.05) is 0 Å². The van der Waals surface area contributed by atoms with Gasteiger partial charge in [-0.1, -0.05) is 6.92 Å².